The molecule has 218 valence electrons. The number of nitrogens with two attached hydrogens (primary N) is 1. The number of carbonyl (C=O) groups is 1. The standard InChI is InChI=1S/C31H24F3N5O3S/c32-31(33,34)30(40)41-20-8-6-19(7-9-20)39-16-18(13-38-39)23-14-37-29(35)27-22(23)12-24(42-27)26-21-10-11-36-15-25(21)43-28(26)17-4-2-1-3-5-17/h1-5,10-16,19-20H,6-9H2,(H2,35,37)/t19-,20-. The number of hydrogen-bond acceptors (Lipinski definition) is 8. The van der Waals surface area contributed by atoms with Gasteiger partial charge < -0.3 is 14.9 Å². The lowest BCUT2D eigenvalue weighted by molar-refractivity contribution is -0.206. The summed E-state index contributed by atoms with van der Waals surface area (Å²) in [6, 6.07) is 14.0. The number of nitrogen functional groups attached to an aromatic ring is 1. The van der Waals surface area contributed by atoms with E-state index in [9.17, 15) is 18.0 Å². The van der Waals surface area contributed by atoms with Gasteiger partial charge in [0.05, 0.1) is 16.9 Å². The van der Waals surface area contributed by atoms with Crippen LogP contribution in [0, 0.1) is 0 Å². The third-order valence-electron chi connectivity index (χ3n) is 7.80. The number of halogens is 3. The van der Waals surface area contributed by atoms with Crippen molar-refractivity contribution in [2.45, 2.75) is 44.0 Å². The largest absolute Gasteiger partial charge is 0.490 e. The maximum absolute atomic E-state index is 12.6. The van der Waals surface area contributed by atoms with Gasteiger partial charge in [0, 0.05) is 57.1 Å². The number of furan rings is 1. The van der Waals surface area contributed by atoms with Gasteiger partial charge in [-0.25, -0.2) is 9.78 Å². The predicted molar refractivity (Wildman–Crippen MR) is 157 cm³/mol. The fourth-order valence-electron chi connectivity index (χ4n) is 5.71. The van der Waals surface area contributed by atoms with Crippen molar-refractivity contribution >= 4 is 44.2 Å². The van der Waals surface area contributed by atoms with Gasteiger partial charge in [-0.3, -0.25) is 9.67 Å². The normalized spacial score (nSPS) is 17.5. The minimum atomic E-state index is -4.99. The highest BCUT2D eigenvalue weighted by molar-refractivity contribution is 7.23. The van der Waals surface area contributed by atoms with Gasteiger partial charge in [0.25, 0.3) is 0 Å². The highest BCUT2D eigenvalue weighted by Crippen LogP contribution is 2.47. The van der Waals surface area contributed by atoms with E-state index in [0.717, 1.165) is 42.6 Å². The second kappa shape index (κ2) is 10.5. The van der Waals surface area contributed by atoms with Crippen LogP contribution in [-0.4, -0.2) is 38.0 Å². The van der Waals surface area contributed by atoms with Crippen molar-refractivity contribution in [3.63, 3.8) is 0 Å². The summed E-state index contributed by atoms with van der Waals surface area (Å²) < 4.78 is 51.7. The van der Waals surface area contributed by atoms with Gasteiger partial charge in [-0.1, -0.05) is 30.3 Å². The Labute approximate surface area is 246 Å². The minimum absolute atomic E-state index is 0.0362. The summed E-state index contributed by atoms with van der Waals surface area (Å²) in [7, 11) is 0. The molecule has 0 unspecified atom stereocenters. The molecular weight excluding hydrogens is 579 g/mol. The summed E-state index contributed by atoms with van der Waals surface area (Å²) in [5.74, 6) is -1.21. The molecule has 0 spiro atoms. The Balaban J connectivity index is 1.21. The molecule has 43 heavy (non-hydrogen) atoms. The van der Waals surface area contributed by atoms with Crippen molar-refractivity contribution in [1.29, 1.82) is 0 Å². The Bertz CT molecular complexity index is 1960. The van der Waals surface area contributed by atoms with Gasteiger partial charge >= 0.3 is 12.1 Å². The van der Waals surface area contributed by atoms with E-state index >= 15 is 0 Å². The van der Waals surface area contributed by atoms with Crippen LogP contribution < -0.4 is 5.73 Å². The Morgan fingerprint density at radius 3 is 2.58 bits per heavy atom. The molecule has 6 aromatic rings. The smallest absolute Gasteiger partial charge is 0.456 e. The zero-order valence-electron chi connectivity index (χ0n) is 22.5. The van der Waals surface area contributed by atoms with Crippen LogP contribution in [0.1, 0.15) is 31.7 Å². The van der Waals surface area contributed by atoms with Crippen molar-refractivity contribution in [3.8, 4) is 32.9 Å². The Hall–Kier alpha value is -4.71. The molecule has 1 aliphatic rings. The third-order valence-corrected chi connectivity index (χ3v) is 8.99. The third kappa shape index (κ3) is 5.01. The first-order valence-electron chi connectivity index (χ1n) is 13.7. The van der Waals surface area contributed by atoms with E-state index in [1.807, 2.05) is 47.4 Å². The number of pyridine rings is 2. The van der Waals surface area contributed by atoms with E-state index < -0.39 is 18.2 Å². The number of fused-ring (bicyclic) bond motifs is 2. The van der Waals surface area contributed by atoms with Crippen LogP contribution in [0.4, 0.5) is 19.0 Å². The number of alkyl halides is 3. The van der Waals surface area contributed by atoms with E-state index in [1.54, 1.807) is 29.9 Å². The van der Waals surface area contributed by atoms with E-state index in [1.165, 1.54) is 0 Å². The molecule has 0 radical (unpaired) electrons. The molecule has 7 rings (SSSR count). The number of hydrogen-bond donors (Lipinski definition) is 1. The lowest BCUT2D eigenvalue weighted by Crippen LogP contribution is -2.32. The van der Waals surface area contributed by atoms with Crippen LogP contribution in [0.2, 0.25) is 0 Å². The summed E-state index contributed by atoms with van der Waals surface area (Å²) in [6.45, 7) is 0. The highest BCUT2D eigenvalue weighted by atomic mass is 32.1. The quantitative estimate of drug-likeness (QED) is 0.200. The summed E-state index contributed by atoms with van der Waals surface area (Å²) in [5.41, 5.74) is 10.4. The van der Waals surface area contributed by atoms with Gasteiger partial charge in [0.1, 0.15) is 11.9 Å². The SMILES string of the molecule is Nc1ncc(-c2cnn([C@H]3CC[C@H](OC(=O)C(F)(F)F)CC3)c2)c2cc(-c3c(-c4ccccc4)sc4cnccc34)oc12. The number of carbonyl (C=O) groups excluding carboxylic acids is 1. The summed E-state index contributed by atoms with van der Waals surface area (Å²) in [5, 5.41) is 6.37. The first-order chi connectivity index (χ1) is 20.8. The Kier molecular flexibility index (Phi) is 6.65. The van der Waals surface area contributed by atoms with Crippen LogP contribution in [0.5, 0.6) is 0 Å². The zero-order chi connectivity index (χ0) is 29.7. The van der Waals surface area contributed by atoms with Crippen molar-refractivity contribution in [1.82, 2.24) is 19.7 Å². The number of benzene rings is 1. The molecule has 1 aromatic carbocycles. The van der Waals surface area contributed by atoms with Crippen molar-refractivity contribution < 1.29 is 27.1 Å². The van der Waals surface area contributed by atoms with Crippen LogP contribution in [-0.2, 0) is 9.53 Å². The van der Waals surface area contributed by atoms with Gasteiger partial charge in [0.2, 0.25) is 0 Å². The Morgan fingerprint density at radius 1 is 1.02 bits per heavy atom. The van der Waals surface area contributed by atoms with Gasteiger partial charge in [-0.2, -0.15) is 18.3 Å². The van der Waals surface area contributed by atoms with Crippen LogP contribution in [0.25, 0.3) is 53.9 Å². The summed E-state index contributed by atoms with van der Waals surface area (Å²) >= 11 is 1.64. The van der Waals surface area contributed by atoms with Crippen molar-refractivity contribution in [3.05, 3.63) is 73.4 Å². The molecule has 12 heteroatoms. The monoisotopic (exact) mass is 603 g/mol. The molecule has 0 aliphatic heterocycles. The summed E-state index contributed by atoms with van der Waals surface area (Å²) in [6.07, 6.45) is 4.91. The fraction of sp³-hybridized carbons (Fsp3) is 0.226. The van der Waals surface area contributed by atoms with Crippen LogP contribution in [0.3, 0.4) is 0 Å². The maximum Gasteiger partial charge on any atom is 0.490 e. The lowest BCUT2D eigenvalue weighted by Gasteiger charge is -2.28. The first kappa shape index (κ1) is 27.1. The molecule has 5 heterocycles. The zero-order valence-corrected chi connectivity index (χ0v) is 23.4. The lowest BCUT2D eigenvalue weighted by atomic mass is 9.93. The van der Waals surface area contributed by atoms with Crippen LogP contribution >= 0.6 is 11.3 Å². The molecule has 0 amide bonds. The molecule has 1 saturated carbocycles. The Morgan fingerprint density at radius 2 is 1.81 bits per heavy atom. The van der Waals surface area contributed by atoms with Crippen molar-refractivity contribution in [2.24, 2.45) is 0 Å². The molecular formula is C31H24F3N5O3S. The number of nitrogens with zero attached hydrogens (tertiary/aromatic N) is 4. The van der Waals surface area contributed by atoms with E-state index in [-0.39, 0.29) is 11.9 Å². The topological polar surface area (TPSA) is 109 Å². The molecule has 2 N–H and O–H groups in total. The number of anilines is 1. The maximum atomic E-state index is 12.6. The molecule has 0 atom stereocenters. The van der Waals surface area contributed by atoms with Crippen molar-refractivity contribution in [2.75, 3.05) is 5.73 Å². The number of esters is 1. The molecule has 0 bridgehead atoms. The van der Waals surface area contributed by atoms with E-state index in [4.69, 9.17) is 10.2 Å². The first-order valence-corrected chi connectivity index (χ1v) is 14.5. The molecule has 1 fully saturated rings. The van der Waals surface area contributed by atoms with Gasteiger partial charge in [-0.15, -0.1) is 11.3 Å². The molecule has 8 nitrogen and oxygen atoms in total. The summed E-state index contributed by atoms with van der Waals surface area (Å²) in [4.78, 5) is 21.0. The fourth-order valence-corrected chi connectivity index (χ4v) is 6.89. The number of aromatic nitrogens is 4. The van der Waals surface area contributed by atoms with E-state index in [0.29, 0.717) is 37.0 Å². The minimum Gasteiger partial charge on any atom is -0.456 e. The van der Waals surface area contributed by atoms with Gasteiger partial charge in [-0.05, 0) is 43.4 Å². The average Bonchev–Trinajstić information content (AvgIpc) is 3.75. The number of thiophene rings is 1. The highest BCUT2D eigenvalue weighted by Gasteiger charge is 2.42. The second-order valence-electron chi connectivity index (χ2n) is 10.5. The van der Waals surface area contributed by atoms with E-state index in [2.05, 4.69) is 31.9 Å². The second-order valence-corrected chi connectivity index (χ2v) is 11.5. The molecule has 5 aromatic heterocycles. The average molecular weight is 604 g/mol. The van der Waals surface area contributed by atoms with Gasteiger partial charge in [0.15, 0.2) is 11.4 Å². The molecule has 1 aliphatic carbocycles. The predicted octanol–water partition coefficient (Wildman–Crippen LogP) is 7.81. The number of ether oxygens (including phenoxy) is 1. The molecule has 0 saturated heterocycles. The number of rotatable bonds is 5. The van der Waals surface area contributed by atoms with Crippen LogP contribution in [0.15, 0.2) is 77.9 Å².